The molecule has 0 aliphatic rings. The highest BCUT2D eigenvalue weighted by Gasteiger charge is 1.98. The van der Waals surface area contributed by atoms with Crippen LogP contribution >= 0.6 is 11.3 Å². The second-order valence-corrected chi connectivity index (χ2v) is 4.09. The van der Waals surface area contributed by atoms with E-state index in [0.29, 0.717) is 0 Å². The van der Waals surface area contributed by atoms with E-state index >= 15 is 0 Å². The van der Waals surface area contributed by atoms with E-state index in [-0.39, 0.29) is 0 Å². The van der Waals surface area contributed by atoms with Crippen molar-refractivity contribution < 1.29 is 0 Å². The van der Waals surface area contributed by atoms with Gasteiger partial charge in [0.2, 0.25) is 0 Å². The van der Waals surface area contributed by atoms with Crippen molar-refractivity contribution in [3.8, 4) is 0 Å². The first-order valence-corrected chi connectivity index (χ1v) is 5.40. The van der Waals surface area contributed by atoms with Gasteiger partial charge in [-0.1, -0.05) is 0 Å². The molecule has 0 aliphatic carbocycles. The molecule has 0 saturated carbocycles. The molecular formula is C10H17NS. The van der Waals surface area contributed by atoms with E-state index in [4.69, 9.17) is 0 Å². The van der Waals surface area contributed by atoms with Crippen LogP contribution in [-0.2, 0) is 6.42 Å². The van der Waals surface area contributed by atoms with Crippen molar-refractivity contribution in [1.29, 1.82) is 0 Å². The van der Waals surface area contributed by atoms with Crippen LogP contribution < -0.4 is 5.32 Å². The lowest BCUT2D eigenvalue weighted by Crippen LogP contribution is -2.07. The van der Waals surface area contributed by atoms with Gasteiger partial charge in [-0.15, -0.1) is 11.3 Å². The van der Waals surface area contributed by atoms with Crippen LogP contribution in [0, 0.1) is 6.92 Å². The van der Waals surface area contributed by atoms with Crippen molar-refractivity contribution in [2.24, 2.45) is 0 Å². The van der Waals surface area contributed by atoms with Crippen LogP contribution in [-0.4, -0.2) is 13.6 Å². The Kier molecular flexibility index (Phi) is 4.33. The molecule has 0 amide bonds. The van der Waals surface area contributed by atoms with Crippen LogP contribution in [0.4, 0.5) is 0 Å². The molecule has 1 rings (SSSR count). The van der Waals surface area contributed by atoms with Crippen molar-refractivity contribution in [3.63, 3.8) is 0 Å². The molecule has 0 aromatic carbocycles. The number of hydrogen-bond acceptors (Lipinski definition) is 2. The molecule has 2 heteroatoms. The van der Waals surface area contributed by atoms with E-state index in [1.165, 1.54) is 24.8 Å². The normalized spacial score (nSPS) is 10.5. The lowest BCUT2D eigenvalue weighted by molar-refractivity contribution is 0.679. The molecular weight excluding hydrogens is 166 g/mol. The van der Waals surface area contributed by atoms with E-state index in [1.807, 2.05) is 18.4 Å². The summed E-state index contributed by atoms with van der Waals surface area (Å²) in [6, 6.07) is 2.21. The Balaban J connectivity index is 2.20. The largest absolute Gasteiger partial charge is 0.320 e. The lowest BCUT2D eigenvalue weighted by Gasteiger charge is -1.99. The van der Waals surface area contributed by atoms with Crippen molar-refractivity contribution in [2.45, 2.75) is 26.2 Å². The molecule has 1 heterocycles. The van der Waals surface area contributed by atoms with Crippen LogP contribution in [0.25, 0.3) is 0 Å². The molecule has 0 aliphatic heterocycles. The molecule has 0 saturated heterocycles. The minimum atomic E-state index is 1.14. The highest BCUT2D eigenvalue weighted by Crippen LogP contribution is 2.17. The molecule has 1 N–H and O–H groups in total. The van der Waals surface area contributed by atoms with Crippen molar-refractivity contribution in [1.82, 2.24) is 5.32 Å². The maximum atomic E-state index is 3.17. The summed E-state index contributed by atoms with van der Waals surface area (Å²) in [4.78, 5) is 1.56. The van der Waals surface area contributed by atoms with Gasteiger partial charge in [0.05, 0.1) is 0 Å². The molecule has 68 valence electrons. The molecule has 0 unspecified atom stereocenters. The molecule has 0 atom stereocenters. The van der Waals surface area contributed by atoms with E-state index in [9.17, 15) is 0 Å². The maximum Gasteiger partial charge on any atom is 0.00744 e. The Bertz CT molecular complexity index is 217. The molecule has 0 radical (unpaired) electrons. The van der Waals surface area contributed by atoms with Gasteiger partial charge < -0.3 is 5.32 Å². The molecule has 1 aromatic rings. The average molecular weight is 183 g/mol. The van der Waals surface area contributed by atoms with Gasteiger partial charge in [0.25, 0.3) is 0 Å². The summed E-state index contributed by atoms with van der Waals surface area (Å²) in [7, 11) is 2.01. The summed E-state index contributed by atoms with van der Waals surface area (Å²) in [6.07, 6.45) is 3.85. The van der Waals surface area contributed by atoms with Crippen LogP contribution in [0.2, 0.25) is 0 Å². The summed E-state index contributed by atoms with van der Waals surface area (Å²) < 4.78 is 0. The third-order valence-corrected chi connectivity index (χ3v) is 3.13. The first-order chi connectivity index (χ1) is 5.84. The van der Waals surface area contributed by atoms with E-state index in [1.54, 1.807) is 4.88 Å². The first-order valence-electron chi connectivity index (χ1n) is 4.52. The summed E-state index contributed by atoms with van der Waals surface area (Å²) in [5, 5.41) is 5.35. The van der Waals surface area contributed by atoms with Gasteiger partial charge in [-0.2, -0.15) is 0 Å². The van der Waals surface area contributed by atoms with Crippen molar-refractivity contribution in [2.75, 3.05) is 13.6 Å². The van der Waals surface area contributed by atoms with E-state index < -0.39 is 0 Å². The highest BCUT2D eigenvalue weighted by atomic mass is 32.1. The highest BCUT2D eigenvalue weighted by molar-refractivity contribution is 7.10. The van der Waals surface area contributed by atoms with Gasteiger partial charge in [-0.3, -0.25) is 0 Å². The zero-order valence-corrected chi connectivity index (χ0v) is 8.71. The van der Waals surface area contributed by atoms with Crippen LogP contribution in [0.1, 0.15) is 23.3 Å². The number of aryl methyl sites for hydroxylation is 2. The minimum absolute atomic E-state index is 1.14. The number of nitrogens with one attached hydrogen (secondary N) is 1. The Hall–Kier alpha value is -0.340. The fourth-order valence-corrected chi connectivity index (χ4v) is 2.20. The minimum Gasteiger partial charge on any atom is -0.320 e. The number of unbranched alkanes of at least 4 members (excludes halogenated alkanes) is 1. The number of hydrogen-bond donors (Lipinski definition) is 1. The SMILES string of the molecule is CNCCCCc1sccc1C. The van der Waals surface area contributed by atoms with Crippen LogP contribution in [0.15, 0.2) is 11.4 Å². The second-order valence-electron chi connectivity index (χ2n) is 3.09. The van der Waals surface area contributed by atoms with Crippen molar-refractivity contribution >= 4 is 11.3 Å². The number of rotatable bonds is 5. The summed E-state index contributed by atoms with van der Waals surface area (Å²) in [5.74, 6) is 0. The fraction of sp³-hybridized carbons (Fsp3) is 0.600. The van der Waals surface area contributed by atoms with Crippen LogP contribution in [0.5, 0.6) is 0 Å². The summed E-state index contributed by atoms with van der Waals surface area (Å²) in [6.45, 7) is 3.34. The molecule has 0 bridgehead atoms. The topological polar surface area (TPSA) is 12.0 Å². The molecule has 1 nitrogen and oxygen atoms in total. The van der Waals surface area contributed by atoms with E-state index in [0.717, 1.165) is 6.54 Å². The summed E-state index contributed by atoms with van der Waals surface area (Å²) >= 11 is 1.89. The smallest absolute Gasteiger partial charge is 0.00744 e. The zero-order chi connectivity index (χ0) is 8.81. The van der Waals surface area contributed by atoms with Gasteiger partial charge in [0, 0.05) is 4.88 Å². The second kappa shape index (κ2) is 5.33. The van der Waals surface area contributed by atoms with Gasteiger partial charge in [0.15, 0.2) is 0 Å². The van der Waals surface area contributed by atoms with Gasteiger partial charge in [-0.25, -0.2) is 0 Å². The molecule has 0 spiro atoms. The number of thiophene rings is 1. The lowest BCUT2D eigenvalue weighted by atomic mass is 10.1. The third-order valence-electron chi connectivity index (χ3n) is 2.05. The standard InChI is InChI=1S/C10H17NS/c1-9-6-8-12-10(9)5-3-4-7-11-2/h6,8,11H,3-5,7H2,1-2H3. The van der Waals surface area contributed by atoms with E-state index in [2.05, 4.69) is 23.7 Å². The first kappa shape index (κ1) is 9.75. The van der Waals surface area contributed by atoms with Gasteiger partial charge in [0.1, 0.15) is 0 Å². The average Bonchev–Trinajstić information content (AvgIpc) is 2.46. The molecule has 12 heavy (non-hydrogen) atoms. The van der Waals surface area contributed by atoms with Crippen LogP contribution in [0.3, 0.4) is 0 Å². The Labute approximate surface area is 78.8 Å². The Morgan fingerprint density at radius 2 is 2.25 bits per heavy atom. The summed E-state index contributed by atoms with van der Waals surface area (Å²) in [5.41, 5.74) is 1.46. The van der Waals surface area contributed by atoms with Crippen molar-refractivity contribution in [3.05, 3.63) is 21.9 Å². The molecule has 0 fully saturated rings. The van der Waals surface area contributed by atoms with Gasteiger partial charge >= 0.3 is 0 Å². The molecule has 1 aromatic heterocycles. The van der Waals surface area contributed by atoms with Gasteiger partial charge in [-0.05, 0) is 56.8 Å². The predicted octanol–water partition coefficient (Wildman–Crippen LogP) is 2.60. The third kappa shape index (κ3) is 2.95. The quantitative estimate of drug-likeness (QED) is 0.692. The monoisotopic (exact) mass is 183 g/mol. The maximum absolute atomic E-state index is 3.17. The fourth-order valence-electron chi connectivity index (χ4n) is 1.25. The Morgan fingerprint density at radius 3 is 2.83 bits per heavy atom. The Morgan fingerprint density at radius 1 is 1.42 bits per heavy atom. The predicted molar refractivity (Wildman–Crippen MR) is 55.9 cm³/mol. The zero-order valence-electron chi connectivity index (χ0n) is 7.89.